The number of hydrogen-bond acceptors (Lipinski definition) is 5. The van der Waals surface area contributed by atoms with Crippen LogP contribution in [-0.2, 0) is 9.05 Å². The number of pyridine rings is 2. The van der Waals surface area contributed by atoms with Crippen LogP contribution in [0, 0.1) is 0 Å². The Hall–Kier alpha value is -1.76. The first kappa shape index (κ1) is 15.6. The molecule has 0 radical (unpaired) electrons. The van der Waals surface area contributed by atoms with Gasteiger partial charge in [-0.15, -0.1) is 11.3 Å². The van der Waals surface area contributed by atoms with Gasteiger partial charge in [0, 0.05) is 45.9 Å². The van der Waals surface area contributed by atoms with Gasteiger partial charge in [-0.25, -0.2) is 8.42 Å². The molecule has 0 saturated carbocycles. The van der Waals surface area contributed by atoms with Crippen LogP contribution in [0.1, 0.15) is 0 Å². The summed E-state index contributed by atoms with van der Waals surface area (Å²) in [5.74, 6) is 0. The Bertz CT molecular complexity index is 748. The highest BCUT2D eigenvalue weighted by Gasteiger charge is 2.13. The standard InChI is InChI=1S/C9H6ClNO2S2.C5H5N/c10-15(12,13)9-4-3-8(14-9)7-2-1-5-11-6-7;1-2-4-6-5-3-1/h1-6H;1-5H. The fourth-order valence-electron chi connectivity index (χ4n) is 1.43. The molecule has 0 aliphatic carbocycles. The van der Waals surface area contributed by atoms with Gasteiger partial charge in [-0.2, -0.15) is 0 Å². The number of aromatic nitrogens is 2. The third kappa shape index (κ3) is 4.93. The number of hydrogen-bond donors (Lipinski definition) is 0. The lowest BCUT2D eigenvalue weighted by atomic mass is 10.2. The fraction of sp³-hybridized carbons (Fsp3) is 0. The molecule has 0 unspecified atom stereocenters. The van der Waals surface area contributed by atoms with Crippen molar-refractivity contribution in [2.24, 2.45) is 0 Å². The zero-order valence-corrected chi connectivity index (χ0v) is 13.1. The van der Waals surface area contributed by atoms with E-state index in [4.69, 9.17) is 10.7 Å². The Morgan fingerprint density at radius 1 is 0.905 bits per heavy atom. The van der Waals surface area contributed by atoms with E-state index in [2.05, 4.69) is 9.97 Å². The first-order valence-electron chi connectivity index (χ1n) is 5.87. The molecule has 0 N–H and O–H groups in total. The van der Waals surface area contributed by atoms with Crippen molar-refractivity contribution in [1.82, 2.24) is 9.97 Å². The Balaban J connectivity index is 0.000000225. The molecule has 3 aromatic rings. The number of rotatable bonds is 2. The van der Waals surface area contributed by atoms with Crippen LogP contribution in [-0.4, -0.2) is 18.4 Å². The first-order valence-corrected chi connectivity index (χ1v) is 9.00. The van der Waals surface area contributed by atoms with E-state index in [0.717, 1.165) is 21.8 Å². The van der Waals surface area contributed by atoms with E-state index >= 15 is 0 Å². The SMILES string of the molecule is O=S(=O)(Cl)c1ccc(-c2cccnc2)s1.c1ccncc1. The van der Waals surface area contributed by atoms with Crippen LogP contribution in [0.15, 0.2) is 71.5 Å². The Morgan fingerprint density at radius 3 is 2.05 bits per heavy atom. The number of nitrogens with zero attached hydrogens (tertiary/aromatic N) is 2. The van der Waals surface area contributed by atoms with Gasteiger partial charge in [0.2, 0.25) is 0 Å². The van der Waals surface area contributed by atoms with E-state index in [1.165, 1.54) is 6.07 Å². The summed E-state index contributed by atoms with van der Waals surface area (Å²) in [6.07, 6.45) is 6.84. The summed E-state index contributed by atoms with van der Waals surface area (Å²) in [6.45, 7) is 0. The lowest BCUT2D eigenvalue weighted by Crippen LogP contribution is -1.83. The minimum absolute atomic E-state index is 0.156. The van der Waals surface area contributed by atoms with E-state index in [0.29, 0.717) is 0 Å². The lowest BCUT2D eigenvalue weighted by molar-refractivity contribution is 0.611. The van der Waals surface area contributed by atoms with Gasteiger partial charge >= 0.3 is 0 Å². The van der Waals surface area contributed by atoms with Gasteiger partial charge in [-0.05, 0) is 30.3 Å². The molecule has 3 rings (SSSR count). The van der Waals surface area contributed by atoms with Gasteiger partial charge in [0.25, 0.3) is 9.05 Å². The molecule has 0 amide bonds. The molecule has 0 bridgehead atoms. The molecule has 3 aromatic heterocycles. The molecule has 108 valence electrons. The molecule has 0 spiro atoms. The lowest BCUT2D eigenvalue weighted by Gasteiger charge is -1.93. The molecule has 7 heteroatoms. The third-order valence-electron chi connectivity index (χ3n) is 2.33. The zero-order valence-electron chi connectivity index (χ0n) is 10.8. The summed E-state index contributed by atoms with van der Waals surface area (Å²) in [5.41, 5.74) is 0.883. The van der Waals surface area contributed by atoms with Gasteiger partial charge in [0.15, 0.2) is 0 Å². The summed E-state index contributed by atoms with van der Waals surface area (Å²) in [7, 11) is 1.61. The van der Waals surface area contributed by atoms with Crippen molar-refractivity contribution in [3.05, 3.63) is 67.3 Å². The topological polar surface area (TPSA) is 59.9 Å². The van der Waals surface area contributed by atoms with Crippen LogP contribution in [0.3, 0.4) is 0 Å². The van der Waals surface area contributed by atoms with Crippen molar-refractivity contribution in [2.45, 2.75) is 4.21 Å². The van der Waals surface area contributed by atoms with Crippen molar-refractivity contribution >= 4 is 31.1 Å². The van der Waals surface area contributed by atoms with Crippen molar-refractivity contribution < 1.29 is 8.42 Å². The summed E-state index contributed by atoms with van der Waals surface area (Å²) in [6, 6.07) is 12.6. The Morgan fingerprint density at radius 2 is 1.62 bits per heavy atom. The predicted molar refractivity (Wildman–Crippen MR) is 84.8 cm³/mol. The third-order valence-corrected chi connectivity index (χ3v) is 5.56. The van der Waals surface area contributed by atoms with Crippen molar-refractivity contribution in [2.75, 3.05) is 0 Å². The first-order chi connectivity index (χ1) is 10.1. The molecule has 0 aliphatic heterocycles. The zero-order chi connectivity index (χ0) is 15.1. The maximum atomic E-state index is 11.0. The van der Waals surface area contributed by atoms with Crippen LogP contribution in [0.4, 0.5) is 0 Å². The maximum absolute atomic E-state index is 11.0. The van der Waals surface area contributed by atoms with Crippen molar-refractivity contribution in [3.8, 4) is 10.4 Å². The van der Waals surface area contributed by atoms with Crippen LogP contribution in [0.25, 0.3) is 10.4 Å². The monoisotopic (exact) mass is 338 g/mol. The second-order valence-corrected chi connectivity index (χ2v) is 7.70. The van der Waals surface area contributed by atoms with Crippen LogP contribution in [0.2, 0.25) is 0 Å². The molecule has 0 saturated heterocycles. The van der Waals surface area contributed by atoms with Gasteiger partial charge in [0.05, 0.1) is 0 Å². The quantitative estimate of drug-likeness (QED) is 0.666. The minimum atomic E-state index is -3.62. The molecule has 4 nitrogen and oxygen atoms in total. The second kappa shape index (κ2) is 7.31. The molecule has 0 aliphatic rings. The summed E-state index contributed by atoms with van der Waals surface area (Å²) >= 11 is 1.13. The number of halogens is 1. The fourth-order valence-corrected chi connectivity index (χ4v) is 3.49. The second-order valence-electron chi connectivity index (χ2n) is 3.82. The molecular weight excluding hydrogens is 328 g/mol. The highest BCUT2D eigenvalue weighted by Crippen LogP contribution is 2.31. The molecular formula is C14H11ClN2O2S2. The number of thiophene rings is 1. The molecule has 3 heterocycles. The highest BCUT2D eigenvalue weighted by molar-refractivity contribution is 8.15. The Kier molecular flexibility index (Phi) is 5.44. The molecule has 0 atom stereocenters. The largest absolute Gasteiger partial charge is 0.270 e. The summed E-state index contributed by atoms with van der Waals surface area (Å²) < 4.78 is 22.2. The van der Waals surface area contributed by atoms with Gasteiger partial charge in [0.1, 0.15) is 4.21 Å². The Labute approximate surface area is 131 Å². The van der Waals surface area contributed by atoms with Crippen LogP contribution in [0.5, 0.6) is 0 Å². The van der Waals surface area contributed by atoms with Gasteiger partial charge in [-0.3, -0.25) is 9.97 Å². The molecule has 21 heavy (non-hydrogen) atoms. The highest BCUT2D eigenvalue weighted by atomic mass is 35.7. The molecule has 0 fully saturated rings. The average Bonchev–Trinajstić information content (AvgIpc) is 3.01. The normalized spacial score (nSPS) is 10.5. The predicted octanol–water partition coefficient (Wildman–Crippen LogP) is 3.82. The van der Waals surface area contributed by atoms with Crippen LogP contribution < -0.4 is 0 Å². The average molecular weight is 339 g/mol. The van der Waals surface area contributed by atoms with Gasteiger partial charge in [-0.1, -0.05) is 12.1 Å². The van der Waals surface area contributed by atoms with E-state index in [9.17, 15) is 8.42 Å². The maximum Gasteiger partial charge on any atom is 0.270 e. The van der Waals surface area contributed by atoms with E-state index < -0.39 is 9.05 Å². The van der Waals surface area contributed by atoms with Crippen LogP contribution >= 0.6 is 22.0 Å². The summed E-state index contributed by atoms with van der Waals surface area (Å²) in [4.78, 5) is 8.58. The van der Waals surface area contributed by atoms with Crippen molar-refractivity contribution in [1.29, 1.82) is 0 Å². The van der Waals surface area contributed by atoms with Crippen molar-refractivity contribution in [3.63, 3.8) is 0 Å². The van der Waals surface area contributed by atoms with Gasteiger partial charge < -0.3 is 0 Å². The van der Waals surface area contributed by atoms with E-state index in [1.807, 2.05) is 24.3 Å². The minimum Gasteiger partial charge on any atom is -0.265 e. The summed E-state index contributed by atoms with van der Waals surface area (Å²) in [5, 5.41) is 0. The smallest absolute Gasteiger partial charge is 0.265 e. The molecule has 0 aromatic carbocycles. The van der Waals surface area contributed by atoms with E-state index in [1.54, 1.807) is 36.9 Å². The van der Waals surface area contributed by atoms with E-state index in [-0.39, 0.29) is 4.21 Å².